The number of carbonyl (C=O) groups is 2. The zero-order chi connectivity index (χ0) is 21.6. The smallest absolute Gasteiger partial charge is 0.339 e. The van der Waals surface area contributed by atoms with E-state index in [4.69, 9.17) is 4.74 Å². The van der Waals surface area contributed by atoms with Crippen LogP contribution in [0.4, 0.5) is 0 Å². The monoisotopic (exact) mass is 415 g/mol. The van der Waals surface area contributed by atoms with Gasteiger partial charge in [0, 0.05) is 6.26 Å². The predicted octanol–water partition coefficient (Wildman–Crippen LogP) is 4.22. The van der Waals surface area contributed by atoms with Gasteiger partial charge in [-0.3, -0.25) is 9.00 Å². The Balaban J connectivity index is 2.02. The third-order valence-corrected chi connectivity index (χ3v) is 5.67. The quantitative estimate of drug-likeness (QED) is 0.655. The summed E-state index contributed by atoms with van der Waals surface area (Å²) in [7, 11) is -1.32. The number of hydrogen-bond donors (Lipinski definition) is 1. The standard InChI is InChI=1S/C23H29NO4S/c1-15(2)17-10-12-18(13-11-17)22(16(3)4)24-21(25)14-28-23(26)19-8-6-7-9-20(19)29(5)27/h6-13,15-16,22H,14H2,1-5H3,(H,24,25)/t22-,29-/m1/s1. The molecule has 0 bridgehead atoms. The molecule has 2 aromatic rings. The van der Waals surface area contributed by atoms with Crippen molar-refractivity contribution in [2.24, 2.45) is 5.92 Å². The highest BCUT2D eigenvalue weighted by atomic mass is 32.2. The molecule has 6 heteroatoms. The Kier molecular flexibility index (Phi) is 8.14. The number of esters is 1. The molecule has 0 heterocycles. The van der Waals surface area contributed by atoms with Gasteiger partial charge in [0.2, 0.25) is 0 Å². The molecule has 0 saturated carbocycles. The highest BCUT2D eigenvalue weighted by Gasteiger charge is 2.21. The van der Waals surface area contributed by atoms with E-state index in [2.05, 4.69) is 31.3 Å². The first kappa shape index (κ1) is 22.8. The molecule has 2 aromatic carbocycles. The molecule has 1 amide bonds. The lowest BCUT2D eigenvalue weighted by molar-refractivity contribution is -0.125. The van der Waals surface area contributed by atoms with E-state index >= 15 is 0 Å². The van der Waals surface area contributed by atoms with E-state index in [-0.39, 0.29) is 23.4 Å². The Hall–Kier alpha value is -2.47. The van der Waals surface area contributed by atoms with E-state index in [1.807, 2.05) is 26.0 Å². The second-order valence-corrected chi connectivity index (χ2v) is 8.99. The van der Waals surface area contributed by atoms with Gasteiger partial charge in [-0.15, -0.1) is 0 Å². The summed E-state index contributed by atoms with van der Waals surface area (Å²) in [6.07, 6.45) is 1.50. The lowest BCUT2D eigenvalue weighted by Gasteiger charge is -2.23. The van der Waals surface area contributed by atoms with Crippen molar-refractivity contribution in [3.8, 4) is 0 Å². The number of benzene rings is 2. The molecular weight excluding hydrogens is 386 g/mol. The molecule has 0 saturated heterocycles. The van der Waals surface area contributed by atoms with Crippen LogP contribution in [-0.4, -0.2) is 28.9 Å². The average molecular weight is 416 g/mol. The third-order valence-electron chi connectivity index (χ3n) is 4.70. The maximum atomic E-state index is 12.4. The van der Waals surface area contributed by atoms with E-state index in [9.17, 15) is 13.8 Å². The fourth-order valence-corrected chi connectivity index (χ4v) is 3.76. The minimum Gasteiger partial charge on any atom is -0.452 e. The van der Waals surface area contributed by atoms with E-state index in [0.717, 1.165) is 5.56 Å². The number of amides is 1. The van der Waals surface area contributed by atoms with Crippen molar-refractivity contribution in [3.05, 3.63) is 65.2 Å². The van der Waals surface area contributed by atoms with Gasteiger partial charge in [0.25, 0.3) is 5.91 Å². The molecule has 29 heavy (non-hydrogen) atoms. The van der Waals surface area contributed by atoms with Crippen LogP contribution in [0.15, 0.2) is 53.4 Å². The van der Waals surface area contributed by atoms with Crippen LogP contribution in [0.25, 0.3) is 0 Å². The van der Waals surface area contributed by atoms with Gasteiger partial charge in [-0.1, -0.05) is 64.1 Å². The Morgan fingerprint density at radius 1 is 0.966 bits per heavy atom. The van der Waals surface area contributed by atoms with Crippen LogP contribution in [0, 0.1) is 5.92 Å². The van der Waals surface area contributed by atoms with Gasteiger partial charge in [0.1, 0.15) is 0 Å². The number of rotatable bonds is 8. The molecule has 0 unspecified atom stereocenters. The van der Waals surface area contributed by atoms with Crippen LogP contribution in [0.5, 0.6) is 0 Å². The van der Waals surface area contributed by atoms with E-state index in [0.29, 0.717) is 10.8 Å². The Morgan fingerprint density at radius 3 is 2.10 bits per heavy atom. The van der Waals surface area contributed by atoms with Gasteiger partial charge in [-0.05, 0) is 35.1 Å². The van der Waals surface area contributed by atoms with E-state index in [1.165, 1.54) is 11.8 Å². The normalized spacial score (nSPS) is 13.2. The number of nitrogens with one attached hydrogen (secondary N) is 1. The number of hydrogen-bond acceptors (Lipinski definition) is 4. The molecule has 0 aliphatic carbocycles. The van der Waals surface area contributed by atoms with Gasteiger partial charge in [0.15, 0.2) is 6.61 Å². The first-order chi connectivity index (χ1) is 13.7. The van der Waals surface area contributed by atoms with Gasteiger partial charge in [-0.25, -0.2) is 4.79 Å². The average Bonchev–Trinajstić information content (AvgIpc) is 2.70. The third kappa shape index (κ3) is 6.26. The van der Waals surface area contributed by atoms with Gasteiger partial charge >= 0.3 is 5.97 Å². The Bertz CT molecular complexity index is 875. The van der Waals surface area contributed by atoms with Gasteiger partial charge in [-0.2, -0.15) is 0 Å². The second kappa shape index (κ2) is 10.3. The van der Waals surface area contributed by atoms with Crippen molar-refractivity contribution in [3.63, 3.8) is 0 Å². The minimum atomic E-state index is -1.32. The Morgan fingerprint density at radius 2 is 1.55 bits per heavy atom. The first-order valence-electron chi connectivity index (χ1n) is 9.69. The highest BCUT2D eigenvalue weighted by Crippen LogP contribution is 2.24. The highest BCUT2D eigenvalue weighted by molar-refractivity contribution is 7.84. The molecular formula is C23H29NO4S. The van der Waals surface area contributed by atoms with Crippen molar-refractivity contribution in [2.45, 2.75) is 44.6 Å². The lowest BCUT2D eigenvalue weighted by Crippen LogP contribution is -2.35. The summed E-state index contributed by atoms with van der Waals surface area (Å²) in [5.74, 6) is -0.424. The van der Waals surface area contributed by atoms with E-state index in [1.54, 1.807) is 24.3 Å². The molecule has 5 nitrogen and oxygen atoms in total. The predicted molar refractivity (Wildman–Crippen MR) is 115 cm³/mol. The van der Waals surface area contributed by atoms with Crippen LogP contribution in [0.1, 0.15) is 61.1 Å². The van der Waals surface area contributed by atoms with E-state index < -0.39 is 23.4 Å². The molecule has 0 spiro atoms. The van der Waals surface area contributed by atoms with Gasteiger partial charge in [0.05, 0.1) is 27.3 Å². The molecule has 2 rings (SSSR count). The Labute approximate surface area is 175 Å². The van der Waals surface area contributed by atoms with Crippen molar-refractivity contribution >= 4 is 22.7 Å². The maximum Gasteiger partial charge on any atom is 0.339 e. The molecule has 0 aliphatic heterocycles. The van der Waals surface area contributed by atoms with Crippen molar-refractivity contribution in [2.75, 3.05) is 12.9 Å². The summed E-state index contributed by atoms with van der Waals surface area (Å²) in [6.45, 7) is 7.94. The summed E-state index contributed by atoms with van der Waals surface area (Å²) in [6, 6.07) is 14.6. The lowest BCUT2D eigenvalue weighted by atomic mass is 9.93. The maximum absolute atomic E-state index is 12.4. The van der Waals surface area contributed by atoms with Crippen LogP contribution in [-0.2, 0) is 20.3 Å². The molecule has 0 radical (unpaired) electrons. The largest absolute Gasteiger partial charge is 0.452 e. The fourth-order valence-electron chi connectivity index (χ4n) is 3.03. The topological polar surface area (TPSA) is 72.5 Å². The SMILES string of the molecule is CC(C)c1ccc([C@H](NC(=O)COC(=O)c2ccccc2[S@@](C)=O)C(C)C)cc1. The fraction of sp³-hybridized carbons (Fsp3) is 0.391. The van der Waals surface area contributed by atoms with Crippen LogP contribution in [0.3, 0.4) is 0 Å². The number of ether oxygens (including phenoxy) is 1. The zero-order valence-corrected chi connectivity index (χ0v) is 18.4. The molecule has 0 fully saturated rings. The van der Waals surface area contributed by atoms with Crippen LogP contribution >= 0.6 is 0 Å². The summed E-state index contributed by atoms with van der Waals surface area (Å²) < 4.78 is 16.9. The number of carbonyl (C=O) groups excluding carboxylic acids is 2. The first-order valence-corrected chi connectivity index (χ1v) is 11.2. The zero-order valence-electron chi connectivity index (χ0n) is 17.6. The summed E-state index contributed by atoms with van der Waals surface area (Å²) >= 11 is 0. The summed E-state index contributed by atoms with van der Waals surface area (Å²) in [5, 5.41) is 2.95. The van der Waals surface area contributed by atoms with Crippen LogP contribution < -0.4 is 5.32 Å². The molecule has 0 aliphatic rings. The molecule has 1 N–H and O–H groups in total. The minimum absolute atomic E-state index is 0.169. The summed E-state index contributed by atoms with van der Waals surface area (Å²) in [4.78, 5) is 25.1. The van der Waals surface area contributed by atoms with Crippen molar-refractivity contribution < 1.29 is 18.5 Å². The molecule has 2 atom stereocenters. The van der Waals surface area contributed by atoms with Gasteiger partial charge < -0.3 is 10.1 Å². The van der Waals surface area contributed by atoms with Crippen molar-refractivity contribution in [1.29, 1.82) is 0 Å². The molecule has 156 valence electrons. The van der Waals surface area contributed by atoms with Crippen LogP contribution in [0.2, 0.25) is 0 Å². The molecule has 0 aromatic heterocycles. The summed E-state index contributed by atoms with van der Waals surface area (Å²) in [5.41, 5.74) is 2.46. The second-order valence-electron chi connectivity index (χ2n) is 7.64. The van der Waals surface area contributed by atoms with Crippen molar-refractivity contribution in [1.82, 2.24) is 5.32 Å².